The van der Waals surface area contributed by atoms with Gasteiger partial charge in [0.25, 0.3) is 0 Å². The first-order valence-corrected chi connectivity index (χ1v) is 9.76. The first-order chi connectivity index (χ1) is 12.0. The number of hydrogen-bond acceptors (Lipinski definition) is 4. The van der Waals surface area contributed by atoms with Crippen LogP contribution in [-0.4, -0.2) is 43.0 Å². The molecule has 0 atom stereocenters. The molecule has 0 fully saturated rings. The molecule has 0 saturated heterocycles. The summed E-state index contributed by atoms with van der Waals surface area (Å²) in [5, 5.41) is 15.3. The fourth-order valence-corrected chi connectivity index (χ4v) is 2.64. The Bertz CT molecular complexity index is 787. The number of aliphatic imine (C=N–C) groups is 1. The zero-order valence-electron chi connectivity index (χ0n) is 14.2. The molecule has 2 rings (SSSR count). The summed E-state index contributed by atoms with van der Waals surface area (Å²) in [6, 6.07) is 9.92. The number of benzene rings is 1. The highest BCUT2D eigenvalue weighted by Gasteiger charge is 2.05. The van der Waals surface area contributed by atoms with Crippen molar-refractivity contribution in [3.63, 3.8) is 0 Å². The van der Waals surface area contributed by atoms with Gasteiger partial charge in [-0.2, -0.15) is 5.10 Å². The predicted molar refractivity (Wildman–Crippen MR) is 98.6 cm³/mol. The van der Waals surface area contributed by atoms with Gasteiger partial charge in [-0.25, -0.2) is 18.5 Å². The molecule has 1 heterocycles. The Morgan fingerprint density at radius 3 is 2.64 bits per heavy atom. The van der Waals surface area contributed by atoms with E-state index < -0.39 is 10.0 Å². The standard InChI is InChI=1S/C16H24N6O2S/c1-2-18-16(19-9-11-25(17,23)24)20-12-14-6-3-4-7-15(14)13-22-10-5-8-21-22/h3-8,10H,2,9,11-13H2,1H3,(H2,17,23,24)(H2,18,19,20). The summed E-state index contributed by atoms with van der Waals surface area (Å²) in [7, 11) is -3.49. The summed E-state index contributed by atoms with van der Waals surface area (Å²) in [6.45, 7) is 3.98. The molecule has 0 bridgehead atoms. The molecule has 8 nitrogen and oxygen atoms in total. The van der Waals surface area contributed by atoms with Crippen LogP contribution in [0.2, 0.25) is 0 Å². The van der Waals surface area contributed by atoms with Gasteiger partial charge in [0.15, 0.2) is 5.96 Å². The van der Waals surface area contributed by atoms with Gasteiger partial charge in [0, 0.05) is 25.5 Å². The lowest BCUT2D eigenvalue weighted by atomic mass is 10.1. The third-order valence-electron chi connectivity index (χ3n) is 3.44. The Hall–Kier alpha value is -2.39. The quantitative estimate of drug-likeness (QED) is 0.460. The summed E-state index contributed by atoms with van der Waals surface area (Å²) < 4.78 is 23.9. The maximum absolute atomic E-state index is 11.0. The number of primary sulfonamides is 1. The molecule has 25 heavy (non-hydrogen) atoms. The second kappa shape index (κ2) is 9.19. The van der Waals surface area contributed by atoms with E-state index >= 15 is 0 Å². The fourth-order valence-electron chi connectivity index (χ4n) is 2.25. The summed E-state index contributed by atoms with van der Waals surface area (Å²) in [4.78, 5) is 4.52. The van der Waals surface area contributed by atoms with Gasteiger partial charge in [0.2, 0.25) is 10.0 Å². The van der Waals surface area contributed by atoms with Crippen molar-refractivity contribution in [2.75, 3.05) is 18.8 Å². The number of nitrogens with two attached hydrogens (primary N) is 1. The van der Waals surface area contributed by atoms with Crippen LogP contribution in [-0.2, 0) is 23.1 Å². The van der Waals surface area contributed by atoms with Gasteiger partial charge in [-0.05, 0) is 24.1 Å². The van der Waals surface area contributed by atoms with Gasteiger partial charge in [-0.1, -0.05) is 24.3 Å². The normalized spacial score (nSPS) is 12.2. The third-order valence-corrected chi connectivity index (χ3v) is 4.21. The molecule has 1 aromatic heterocycles. The van der Waals surface area contributed by atoms with Crippen LogP contribution in [0.3, 0.4) is 0 Å². The zero-order chi connectivity index (χ0) is 18.1. The van der Waals surface area contributed by atoms with E-state index in [1.54, 1.807) is 6.20 Å². The monoisotopic (exact) mass is 364 g/mol. The molecule has 9 heteroatoms. The van der Waals surface area contributed by atoms with Crippen LogP contribution in [0.1, 0.15) is 18.1 Å². The summed E-state index contributed by atoms with van der Waals surface area (Å²) in [5.41, 5.74) is 2.22. The second-order valence-electron chi connectivity index (χ2n) is 5.46. The largest absolute Gasteiger partial charge is 0.357 e. The number of nitrogens with zero attached hydrogens (tertiary/aromatic N) is 3. The maximum atomic E-state index is 11.0. The average Bonchev–Trinajstić information content (AvgIpc) is 3.05. The molecule has 136 valence electrons. The van der Waals surface area contributed by atoms with Crippen molar-refractivity contribution in [1.29, 1.82) is 0 Å². The first kappa shape index (κ1) is 18.9. The molecular formula is C16H24N6O2S. The molecule has 4 N–H and O–H groups in total. The maximum Gasteiger partial charge on any atom is 0.210 e. The molecule has 0 unspecified atom stereocenters. The molecule has 0 aliphatic heterocycles. The lowest BCUT2D eigenvalue weighted by Crippen LogP contribution is -2.40. The molecular weight excluding hydrogens is 340 g/mol. The Balaban J connectivity index is 2.04. The highest BCUT2D eigenvalue weighted by molar-refractivity contribution is 7.89. The topological polar surface area (TPSA) is 114 Å². The van der Waals surface area contributed by atoms with Gasteiger partial charge in [-0.3, -0.25) is 4.68 Å². The van der Waals surface area contributed by atoms with Crippen LogP contribution in [0.15, 0.2) is 47.7 Å². The molecule has 0 radical (unpaired) electrons. The van der Waals surface area contributed by atoms with Crippen molar-refractivity contribution in [2.45, 2.75) is 20.0 Å². The number of nitrogens with one attached hydrogen (secondary N) is 2. The van der Waals surface area contributed by atoms with Crippen molar-refractivity contribution in [3.8, 4) is 0 Å². The van der Waals surface area contributed by atoms with Gasteiger partial charge in [0.05, 0.1) is 18.8 Å². The van der Waals surface area contributed by atoms with E-state index in [0.29, 0.717) is 25.6 Å². The minimum Gasteiger partial charge on any atom is -0.357 e. The van der Waals surface area contributed by atoms with Crippen LogP contribution in [0.4, 0.5) is 0 Å². The highest BCUT2D eigenvalue weighted by Crippen LogP contribution is 2.11. The average molecular weight is 364 g/mol. The van der Waals surface area contributed by atoms with Gasteiger partial charge in [-0.15, -0.1) is 0 Å². The molecule has 0 aliphatic rings. The molecule has 0 aliphatic carbocycles. The third kappa shape index (κ3) is 6.94. The minimum atomic E-state index is -3.49. The number of hydrogen-bond donors (Lipinski definition) is 3. The number of rotatable bonds is 8. The first-order valence-electron chi connectivity index (χ1n) is 8.05. The van der Waals surface area contributed by atoms with Crippen molar-refractivity contribution in [3.05, 3.63) is 53.9 Å². The van der Waals surface area contributed by atoms with E-state index in [9.17, 15) is 8.42 Å². The number of aromatic nitrogens is 2. The van der Waals surface area contributed by atoms with Crippen LogP contribution < -0.4 is 15.8 Å². The zero-order valence-corrected chi connectivity index (χ0v) is 15.0. The minimum absolute atomic E-state index is 0.146. The van der Waals surface area contributed by atoms with Crippen molar-refractivity contribution < 1.29 is 8.42 Å². The van der Waals surface area contributed by atoms with Crippen LogP contribution >= 0.6 is 0 Å². The van der Waals surface area contributed by atoms with E-state index in [4.69, 9.17) is 5.14 Å². The number of sulfonamides is 1. The van der Waals surface area contributed by atoms with E-state index in [2.05, 4.69) is 20.7 Å². The Morgan fingerprint density at radius 1 is 1.24 bits per heavy atom. The van der Waals surface area contributed by atoms with Crippen molar-refractivity contribution in [1.82, 2.24) is 20.4 Å². The van der Waals surface area contributed by atoms with Gasteiger partial charge in [0.1, 0.15) is 0 Å². The summed E-state index contributed by atoms with van der Waals surface area (Å²) in [5.74, 6) is 0.410. The Kier molecular flexibility index (Phi) is 6.96. The summed E-state index contributed by atoms with van der Waals surface area (Å²) in [6.07, 6.45) is 3.67. The van der Waals surface area contributed by atoms with E-state index in [0.717, 1.165) is 11.1 Å². The SMILES string of the molecule is CCNC(=NCc1ccccc1Cn1cccn1)NCCS(N)(=O)=O. The predicted octanol–water partition coefficient (Wildman–Crippen LogP) is 0.275. The van der Waals surface area contributed by atoms with Crippen molar-refractivity contribution in [2.24, 2.45) is 10.1 Å². The lowest BCUT2D eigenvalue weighted by molar-refractivity contribution is 0.596. The molecule has 0 amide bonds. The molecule has 1 aromatic carbocycles. The van der Waals surface area contributed by atoms with Gasteiger partial charge >= 0.3 is 0 Å². The molecule has 2 aromatic rings. The molecule has 0 spiro atoms. The summed E-state index contributed by atoms with van der Waals surface area (Å²) >= 11 is 0. The van der Waals surface area contributed by atoms with Crippen LogP contribution in [0, 0.1) is 0 Å². The van der Waals surface area contributed by atoms with Crippen LogP contribution in [0.25, 0.3) is 0 Å². The fraction of sp³-hybridized carbons (Fsp3) is 0.375. The Labute approximate surface area is 148 Å². The molecule has 0 saturated carbocycles. The van der Waals surface area contributed by atoms with Crippen molar-refractivity contribution >= 4 is 16.0 Å². The highest BCUT2D eigenvalue weighted by atomic mass is 32.2. The van der Waals surface area contributed by atoms with Gasteiger partial charge < -0.3 is 10.6 Å². The lowest BCUT2D eigenvalue weighted by Gasteiger charge is -2.12. The number of guanidine groups is 1. The Morgan fingerprint density at radius 2 is 2.00 bits per heavy atom. The van der Waals surface area contributed by atoms with E-state index in [1.165, 1.54) is 0 Å². The smallest absolute Gasteiger partial charge is 0.210 e. The van der Waals surface area contributed by atoms with Crippen LogP contribution in [0.5, 0.6) is 0 Å². The van der Waals surface area contributed by atoms with E-state index in [1.807, 2.05) is 48.1 Å². The second-order valence-corrected chi connectivity index (χ2v) is 7.20. The van der Waals surface area contributed by atoms with E-state index in [-0.39, 0.29) is 12.3 Å².